The van der Waals surface area contributed by atoms with Gasteiger partial charge in [0.25, 0.3) is 5.56 Å². The van der Waals surface area contributed by atoms with Crippen LogP contribution in [0.2, 0.25) is 5.15 Å². The molecular formula is C17H17ClN4O2S. The molecule has 6 nitrogen and oxygen atoms in total. The zero-order valence-electron chi connectivity index (χ0n) is 13.8. The van der Waals surface area contributed by atoms with Gasteiger partial charge in [0.1, 0.15) is 10.5 Å². The minimum Gasteiger partial charge on any atom is -0.354 e. The van der Waals surface area contributed by atoms with Crippen molar-refractivity contribution in [3.63, 3.8) is 0 Å². The summed E-state index contributed by atoms with van der Waals surface area (Å²) in [6.07, 6.45) is 4.02. The Morgan fingerprint density at radius 1 is 1.32 bits per heavy atom. The standard InChI is InChI=1S/C17H17ClN4O2S/c1-22-17(23)15-12(8-14(18)20-16(15)21-22)19-11-6-5-10(9-3-4-9)7-13(11)25(2)24/h5-9H,3-4H2,1-2H3,(H2,19,20,21). The first kappa shape index (κ1) is 16.4. The normalized spacial score (nSPS) is 15.5. The molecule has 130 valence electrons. The fourth-order valence-electron chi connectivity index (χ4n) is 2.98. The Balaban J connectivity index is 1.84. The van der Waals surface area contributed by atoms with Crippen LogP contribution in [0.1, 0.15) is 24.3 Å². The third-order valence-electron chi connectivity index (χ3n) is 4.41. The van der Waals surface area contributed by atoms with Crippen molar-refractivity contribution in [2.24, 2.45) is 7.05 Å². The molecule has 1 atom stereocenters. The van der Waals surface area contributed by atoms with Gasteiger partial charge in [-0.05, 0) is 42.5 Å². The lowest BCUT2D eigenvalue weighted by Gasteiger charge is -2.13. The highest BCUT2D eigenvalue weighted by Gasteiger charge is 2.25. The molecule has 1 saturated carbocycles. The molecule has 1 aliphatic rings. The van der Waals surface area contributed by atoms with Gasteiger partial charge < -0.3 is 5.32 Å². The SMILES string of the molecule is Cn1[nH]c2nc(Cl)cc(Nc3ccc(C4CC4)cc3S(C)=O)c2c1=O. The number of aryl methyl sites for hydroxylation is 1. The van der Waals surface area contributed by atoms with Crippen LogP contribution in [0.3, 0.4) is 0 Å². The van der Waals surface area contributed by atoms with E-state index in [2.05, 4.69) is 15.4 Å². The van der Waals surface area contributed by atoms with Gasteiger partial charge in [0.15, 0.2) is 5.65 Å². The van der Waals surface area contributed by atoms with Crippen molar-refractivity contribution in [2.45, 2.75) is 23.7 Å². The Hall–Kier alpha value is -2.12. The first-order chi connectivity index (χ1) is 11.9. The van der Waals surface area contributed by atoms with Crippen LogP contribution in [0.25, 0.3) is 11.0 Å². The van der Waals surface area contributed by atoms with Crippen LogP contribution in [-0.2, 0) is 17.8 Å². The monoisotopic (exact) mass is 376 g/mol. The van der Waals surface area contributed by atoms with Gasteiger partial charge in [0, 0.05) is 13.3 Å². The average molecular weight is 377 g/mol. The maximum Gasteiger partial charge on any atom is 0.277 e. The first-order valence-electron chi connectivity index (χ1n) is 7.93. The van der Waals surface area contributed by atoms with Crippen molar-refractivity contribution in [1.29, 1.82) is 0 Å². The molecule has 0 amide bonds. The van der Waals surface area contributed by atoms with E-state index in [1.54, 1.807) is 19.4 Å². The molecule has 1 fully saturated rings. The summed E-state index contributed by atoms with van der Waals surface area (Å²) in [6, 6.07) is 7.56. The molecule has 4 rings (SSSR count). The molecule has 2 aromatic heterocycles. The van der Waals surface area contributed by atoms with E-state index in [9.17, 15) is 9.00 Å². The molecule has 0 aliphatic heterocycles. The molecule has 1 aromatic carbocycles. The number of hydrogen-bond donors (Lipinski definition) is 2. The highest BCUT2D eigenvalue weighted by atomic mass is 35.5. The van der Waals surface area contributed by atoms with Crippen molar-refractivity contribution >= 4 is 44.8 Å². The summed E-state index contributed by atoms with van der Waals surface area (Å²) in [5, 5.41) is 6.79. The van der Waals surface area contributed by atoms with Crippen LogP contribution in [0.4, 0.5) is 11.4 Å². The Bertz CT molecular complexity index is 1070. The van der Waals surface area contributed by atoms with Crippen molar-refractivity contribution < 1.29 is 4.21 Å². The third-order valence-corrected chi connectivity index (χ3v) is 5.56. The molecule has 0 saturated heterocycles. The minimum absolute atomic E-state index is 0.199. The number of halogens is 1. The number of pyridine rings is 1. The molecule has 3 aromatic rings. The van der Waals surface area contributed by atoms with Crippen LogP contribution < -0.4 is 10.9 Å². The van der Waals surface area contributed by atoms with Crippen LogP contribution in [0, 0.1) is 0 Å². The largest absolute Gasteiger partial charge is 0.354 e. The third kappa shape index (κ3) is 2.98. The predicted molar refractivity (Wildman–Crippen MR) is 100 cm³/mol. The number of aromatic amines is 1. The molecule has 8 heteroatoms. The van der Waals surface area contributed by atoms with Crippen molar-refractivity contribution in [2.75, 3.05) is 11.6 Å². The molecule has 25 heavy (non-hydrogen) atoms. The first-order valence-corrected chi connectivity index (χ1v) is 9.87. The summed E-state index contributed by atoms with van der Waals surface area (Å²) in [6.45, 7) is 0. The number of anilines is 2. The fraction of sp³-hybridized carbons (Fsp3) is 0.294. The fourth-order valence-corrected chi connectivity index (χ4v) is 3.91. The van der Waals surface area contributed by atoms with Crippen LogP contribution in [-0.4, -0.2) is 25.2 Å². The second-order valence-corrected chi connectivity index (χ2v) is 8.04. The summed E-state index contributed by atoms with van der Waals surface area (Å²) in [5.74, 6) is 0.579. The maximum absolute atomic E-state index is 12.4. The number of H-pyrrole nitrogens is 1. The lowest BCUT2D eigenvalue weighted by molar-refractivity contribution is 0.687. The molecule has 1 aliphatic carbocycles. The molecule has 2 heterocycles. The summed E-state index contributed by atoms with van der Waals surface area (Å²) in [7, 11) is 0.469. The molecule has 0 spiro atoms. The van der Waals surface area contributed by atoms with Gasteiger partial charge in [-0.1, -0.05) is 17.7 Å². The van der Waals surface area contributed by atoms with Crippen molar-refractivity contribution in [3.8, 4) is 0 Å². The summed E-state index contributed by atoms with van der Waals surface area (Å²) >= 11 is 6.09. The van der Waals surface area contributed by atoms with E-state index >= 15 is 0 Å². The second kappa shape index (κ2) is 6.00. The highest BCUT2D eigenvalue weighted by Crippen LogP contribution is 2.41. The van der Waals surface area contributed by atoms with Gasteiger partial charge in [-0.25, -0.2) is 4.98 Å². The number of rotatable bonds is 4. The van der Waals surface area contributed by atoms with Crippen LogP contribution in [0.15, 0.2) is 34.0 Å². The van der Waals surface area contributed by atoms with Crippen LogP contribution >= 0.6 is 11.6 Å². The number of nitrogens with zero attached hydrogens (tertiary/aromatic N) is 2. The molecule has 2 N–H and O–H groups in total. The topological polar surface area (TPSA) is 79.8 Å². The smallest absolute Gasteiger partial charge is 0.277 e. The van der Waals surface area contributed by atoms with E-state index in [1.807, 2.05) is 18.2 Å². The number of fused-ring (bicyclic) bond motifs is 1. The van der Waals surface area contributed by atoms with Gasteiger partial charge >= 0.3 is 0 Å². The maximum atomic E-state index is 12.4. The zero-order chi connectivity index (χ0) is 17.7. The van der Waals surface area contributed by atoms with E-state index in [4.69, 9.17) is 11.6 Å². The lowest BCUT2D eigenvalue weighted by Crippen LogP contribution is -2.12. The Morgan fingerprint density at radius 3 is 2.76 bits per heavy atom. The van der Waals surface area contributed by atoms with Crippen LogP contribution in [0.5, 0.6) is 0 Å². The van der Waals surface area contributed by atoms with Gasteiger partial charge in [-0.2, -0.15) is 0 Å². The number of nitrogens with one attached hydrogen (secondary N) is 2. The molecule has 1 unspecified atom stereocenters. The number of aromatic nitrogens is 3. The van der Waals surface area contributed by atoms with Crippen molar-refractivity contribution in [3.05, 3.63) is 45.3 Å². The van der Waals surface area contributed by atoms with Gasteiger partial charge in [0.2, 0.25) is 0 Å². The quantitative estimate of drug-likeness (QED) is 0.685. The van der Waals surface area contributed by atoms with E-state index < -0.39 is 10.8 Å². The predicted octanol–water partition coefficient (Wildman–Crippen LogP) is 3.27. The van der Waals surface area contributed by atoms with E-state index in [0.717, 1.165) is 4.90 Å². The summed E-state index contributed by atoms with van der Waals surface area (Å²) < 4.78 is 13.6. The van der Waals surface area contributed by atoms with E-state index in [1.165, 1.54) is 23.1 Å². The Morgan fingerprint density at radius 2 is 2.08 bits per heavy atom. The van der Waals surface area contributed by atoms with E-state index in [0.29, 0.717) is 28.3 Å². The second-order valence-electron chi connectivity index (χ2n) is 6.30. The van der Waals surface area contributed by atoms with Gasteiger partial charge in [0.05, 0.1) is 27.1 Å². The zero-order valence-corrected chi connectivity index (χ0v) is 15.4. The Labute approximate surface area is 151 Å². The average Bonchev–Trinajstić information content (AvgIpc) is 3.35. The summed E-state index contributed by atoms with van der Waals surface area (Å²) in [4.78, 5) is 17.2. The summed E-state index contributed by atoms with van der Waals surface area (Å²) in [5.41, 5.74) is 2.68. The lowest BCUT2D eigenvalue weighted by atomic mass is 10.1. The van der Waals surface area contributed by atoms with E-state index in [-0.39, 0.29) is 10.7 Å². The molecule has 0 bridgehead atoms. The Kier molecular flexibility index (Phi) is 3.92. The van der Waals surface area contributed by atoms with Gasteiger partial charge in [-0.3, -0.25) is 18.8 Å². The molecular weight excluding hydrogens is 360 g/mol. The molecule has 0 radical (unpaired) electrons. The minimum atomic E-state index is -1.15. The highest BCUT2D eigenvalue weighted by molar-refractivity contribution is 7.84. The number of benzene rings is 1. The van der Waals surface area contributed by atoms with Crippen molar-refractivity contribution in [1.82, 2.24) is 14.8 Å². The van der Waals surface area contributed by atoms with Gasteiger partial charge in [-0.15, -0.1) is 0 Å². The number of hydrogen-bond acceptors (Lipinski definition) is 4.